The van der Waals surface area contributed by atoms with Gasteiger partial charge in [0.2, 0.25) is 0 Å². The first-order chi connectivity index (χ1) is 15.6. The van der Waals surface area contributed by atoms with Crippen LogP contribution in [0.5, 0.6) is 0 Å². The Morgan fingerprint density at radius 1 is 0.879 bits per heavy atom. The SMILES string of the molecule is CC(C)(C)OC(=O)N[C@@H](C(=O)Nc1ccc(Cl)cc1C(=O)c1ccccc1)c1ccccc1. The summed E-state index contributed by atoms with van der Waals surface area (Å²) in [7, 11) is 0. The summed E-state index contributed by atoms with van der Waals surface area (Å²) in [4.78, 5) is 38.8. The second-order valence-corrected chi connectivity index (χ2v) is 8.80. The highest BCUT2D eigenvalue weighted by atomic mass is 35.5. The van der Waals surface area contributed by atoms with Crippen molar-refractivity contribution < 1.29 is 19.1 Å². The average Bonchev–Trinajstić information content (AvgIpc) is 2.78. The fourth-order valence-corrected chi connectivity index (χ4v) is 3.31. The van der Waals surface area contributed by atoms with Gasteiger partial charge in [-0.2, -0.15) is 0 Å². The van der Waals surface area contributed by atoms with Crippen LogP contribution in [0, 0.1) is 0 Å². The van der Waals surface area contributed by atoms with Gasteiger partial charge in [-0.15, -0.1) is 0 Å². The van der Waals surface area contributed by atoms with E-state index in [1.165, 1.54) is 6.07 Å². The van der Waals surface area contributed by atoms with E-state index in [1.807, 2.05) is 12.1 Å². The van der Waals surface area contributed by atoms with Crippen LogP contribution in [0.1, 0.15) is 48.3 Å². The number of amides is 2. The molecule has 0 bridgehead atoms. The molecule has 7 heteroatoms. The lowest BCUT2D eigenvalue weighted by atomic mass is 10.0. The van der Waals surface area contributed by atoms with E-state index in [0.717, 1.165) is 0 Å². The second-order valence-electron chi connectivity index (χ2n) is 8.36. The molecule has 0 heterocycles. The summed E-state index contributed by atoms with van der Waals surface area (Å²) < 4.78 is 5.32. The van der Waals surface area contributed by atoms with Gasteiger partial charge >= 0.3 is 6.09 Å². The van der Waals surface area contributed by atoms with E-state index in [-0.39, 0.29) is 17.0 Å². The molecule has 0 aliphatic carbocycles. The first-order valence-electron chi connectivity index (χ1n) is 10.4. The molecule has 0 fully saturated rings. The predicted octanol–water partition coefficient (Wildman–Crippen LogP) is 5.78. The summed E-state index contributed by atoms with van der Waals surface area (Å²) in [5, 5.41) is 5.74. The van der Waals surface area contributed by atoms with Crippen LogP contribution in [-0.4, -0.2) is 23.4 Å². The van der Waals surface area contributed by atoms with E-state index < -0.39 is 23.6 Å². The Bertz CT molecular complexity index is 1140. The molecule has 0 aliphatic heterocycles. The Labute approximate surface area is 197 Å². The number of halogens is 1. The molecule has 0 radical (unpaired) electrons. The minimum Gasteiger partial charge on any atom is -0.444 e. The Balaban J connectivity index is 1.91. The molecule has 0 saturated carbocycles. The number of carbonyl (C=O) groups excluding carboxylic acids is 3. The maximum absolute atomic E-state index is 13.3. The zero-order chi connectivity index (χ0) is 24.0. The molecule has 6 nitrogen and oxygen atoms in total. The smallest absolute Gasteiger partial charge is 0.408 e. The van der Waals surface area contributed by atoms with Crippen LogP contribution in [0.4, 0.5) is 10.5 Å². The lowest BCUT2D eigenvalue weighted by Gasteiger charge is -2.24. The molecule has 33 heavy (non-hydrogen) atoms. The number of alkyl carbamates (subject to hydrolysis) is 1. The lowest BCUT2D eigenvalue weighted by molar-refractivity contribution is -0.118. The number of ether oxygens (including phenoxy) is 1. The van der Waals surface area contributed by atoms with Crippen molar-refractivity contribution in [2.75, 3.05) is 5.32 Å². The molecule has 0 unspecified atom stereocenters. The van der Waals surface area contributed by atoms with Crippen LogP contribution in [0.3, 0.4) is 0 Å². The van der Waals surface area contributed by atoms with E-state index in [4.69, 9.17) is 16.3 Å². The third-order valence-corrected chi connectivity index (χ3v) is 4.81. The summed E-state index contributed by atoms with van der Waals surface area (Å²) in [6.07, 6.45) is -0.733. The van der Waals surface area contributed by atoms with Crippen molar-refractivity contribution in [3.63, 3.8) is 0 Å². The van der Waals surface area contributed by atoms with Crippen molar-refractivity contribution in [2.45, 2.75) is 32.4 Å². The summed E-state index contributed by atoms with van der Waals surface area (Å²) in [6.45, 7) is 5.21. The molecule has 0 aromatic heterocycles. The normalized spacial score (nSPS) is 11.9. The van der Waals surface area contributed by atoms with Gasteiger partial charge in [-0.1, -0.05) is 72.3 Å². The van der Waals surface area contributed by atoms with Crippen molar-refractivity contribution in [3.05, 3.63) is 101 Å². The number of hydrogen-bond acceptors (Lipinski definition) is 4. The van der Waals surface area contributed by atoms with Crippen molar-refractivity contribution in [2.24, 2.45) is 0 Å². The molecule has 3 aromatic carbocycles. The van der Waals surface area contributed by atoms with Gasteiger partial charge in [-0.05, 0) is 44.5 Å². The van der Waals surface area contributed by atoms with Crippen LogP contribution in [0.15, 0.2) is 78.9 Å². The Morgan fingerprint density at radius 3 is 2.09 bits per heavy atom. The number of anilines is 1. The molecule has 0 spiro atoms. The predicted molar refractivity (Wildman–Crippen MR) is 129 cm³/mol. The van der Waals surface area contributed by atoms with E-state index >= 15 is 0 Å². The zero-order valence-corrected chi connectivity index (χ0v) is 19.3. The standard InChI is InChI=1S/C26H25ClN2O4/c1-26(2,3)33-25(32)29-22(17-10-6-4-7-11-17)24(31)28-21-15-14-19(27)16-20(21)23(30)18-12-8-5-9-13-18/h4-16,22H,1-3H3,(H,28,31)(H,29,32)/t22-/m1/s1. The maximum Gasteiger partial charge on any atom is 0.408 e. The number of carbonyl (C=O) groups is 3. The van der Waals surface area contributed by atoms with Crippen molar-refractivity contribution in [1.82, 2.24) is 5.32 Å². The van der Waals surface area contributed by atoms with Crippen molar-refractivity contribution in [3.8, 4) is 0 Å². The molecule has 0 saturated heterocycles. The Kier molecular flexibility index (Phi) is 7.51. The van der Waals surface area contributed by atoms with Gasteiger partial charge in [0, 0.05) is 16.1 Å². The molecule has 3 rings (SSSR count). The van der Waals surface area contributed by atoms with E-state index in [1.54, 1.807) is 81.4 Å². The van der Waals surface area contributed by atoms with Crippen LogP contribution in [0.2, 0.25) is 5.02 Å². The summed E-state index contributed by atoms with van der Waals surface area (Å²) in [6, 6.07) is 21.1. The molecule has 2 amide bonds. The summed E-state index contributed by atoms with van der Waals surface area (Å²) in [5.74, 6) is -0.818. The highest BCUT2D eigenvalue weighted by Gasteiger charge is 2.27. The number of ketones is 1. The van der Waals surface area contributed by atoms with Gasteiger partial charge in [0.05, 0.1) is 5.69 Å². The van der Waals surface area contributed by atoms with Gasteiger partial charge < -0.3 is 15.4 Å². The van der Waals surface area contributed by atoms with Crippen LogP contribution in [-0.2, 0) is 9.53 Å². The first kappa shape index (κ1) is 24.0. The molecule has 2 N–H and O–H groups in total. The number of benzene rings is 3. The number of hydrogen-bond donors (Lipinski definition) is 2. The zero-order valence-electron chi connectivity index (χ0n) is 18.6. The Hall–Kier alpha value is -3.64. The second kappa shape index (κ2) is 10.3. The fourth-order valence-electron chi connectivity index (χ4n) is 3.13. The molecule has 1 atom stereocenters. The highest BCUT2D eigenvalue weighted by molar-refractivity contribution is 6.31. The quantitative estimate of drug-likeness (QED) is 0.453. The molecular formula is C26H25ClN2O4. The van der Waals surface area contributed by atoms with Crippen molar-refractivity contribution in [1.29, 1.82) is 0 Å². The lowest BCUT2D eigenvalue weighted by Crippen LogP contribution is -2.40. The minimum atomic E-state index is -1.04. The topological polar surface area (TPSA) is 84.5 Å². The van der Waals surface area contributed by atoms with Crippen molar-refractivity contribution >= 4 is 35.1 Å². The number of nitrogens with one attached hydrogen (secondary N) is 2. The molecule has 0 aliphatic rings. The third-order valence-electron chi connectivity index (χ3n) is 4.58. The van der Waals surface area contributed by atoms with E-state index in [0.29, 0.717) is 16.1 Å². The molecule has 3 aromatic rings. The summed E-state index contributed by atoms with van der Waals surface area (Å²) >= 11 is 6.14. The minimum absolute atomic E-state index is 0.242. The van der Waals surface area contributed by atoms with Gasteiger partial charge in [0.15, 0.2) is 5.78 Å². The largest absolute Gasteiger partial charge is 0.444 e. The monoisotopic (exact) mass is 464 g/mol. The highest BCUT2D eigenvalue weighted by Crippen LogP contribution is 2.25. The fraction of sp³-hybridized carbons (Fsp3) is 0.192. The van der Waals surface area contributed by atoms with Crippen LogP contribution < -0.4 is 10.6 Å². The van der Waals surface area contributed by atoms with Gasteiger partial charge in [-0.3, -0.25) is 9.59 Å². The van der Waals surface area contributed by atoms with Gasteiger partial charge in [0.1, 0.15) is 11.6 Å². The van der Waals surface area contributed by atoms with Crippen LogP contribution in [0.25, 0.3) is 0 Å². The number of rotatable bonds is 6. The van der Waals surface area contributed by atoms with E-state index in [9.17, 15) is 14.4 Å². The maximum atomic E-state index is 13.3. The summed E-state index contributed by atoms with van der Waals surface area (Å²) in [5.41, 5.74) is 0.816. The third kappa shape index (κ3) is 6.67. The molecule has 170 valence electrons. The average molecular weight is 465 g/mol. The van der Waals surface area contributed by atoms with Gasteiger partial charge in [0.25, 0.3) is 5.91 Å². The Morgan fingerprint density at radius 2 is 1.48 bits per heavy atom. The van der Waals surface area contributed by atoms with E-state index in [2.05, 4.69) is 10.6 Å². The first-order valence-corrected chi connectivity index (χ1v) is 10.8. The van der Waals surface area contributed by atoms with Gasteiger partial charge in [-0.25, -0.2) is 4.79 Å². The van der Waals surface area contributed by atoms with Crippen LogP contribution >= 0.6 is 11.6 Å². The molecular weight excluding hydrogens is 440 g/mol.